The van der Waals surface area contributed by atoms with E-state index in [1.54, 1.807) is 6.07 Å². The van der Waals surface area contributed by atoms with Crippen molar-refractivity contribution in [2.45, 2.75) is 6.18 Å². The first-order valence-electron chi connectivity index (χ1n) is 4.55. The van der Waals surface area contributed by atoms with Gasteiger partial charge in [-0.05, 0) is 18.2 Å². The van der Waals surface area contributed by atoms with Gasteiger partial charge in [0.15, 0.2) is 5.71 Å². The Balaban J connectivity index is 2.94. The molecular formula is C10H7F3N4S. The zero-order valence-electron chi connectivity index (χ0n) is 8.82. The molecule has 4 nitrogen and oxygen atoms in total. The fraction of sp³-hybridized carbons (Fsp3) is 0.100. The molecule has 0 spiro atoms. The summed E-state index contributed by atoms with van der Waals surface area (Å²) in [6, 6.07) is 5.98. The van der Waals surface area contributed by atoms with Crippen LogP contribution in [0.5, 0.6) is 0 Å². The number of thiocarbonyl (C=S) groups is 1. The highest BCUT2D eigenvalue weighted by molar-refractivity contribution is 7.82. The number of hydrazone groups is 1. The van der Waals surface area contributed by atoms with Gasteiger partial charge in [0.25, 0.3) is 0 Å². The van der Waals surface area contributed by atoms with Crippen molar-refractivity contribution >= 4 is 28.6 Å². The third kappa shape index (κ3) is 3.71. The number of nitrogens with two attached hydrogens (primary N) is 1. The molecule has 1 aromatic carbocycles. The average molecular weight is 272 g/mol. The van der Waals surface area contributed by atoms with Crippen LogP contribution in [0.15, 0.2) is 29.4 Å². The molecule has 1 aromatic rings. The van der Waals surface area contributed by atoms with Crippen molar-refractivity contribution in [3.8, 4) is 6.07 Å². The molecule has 0 radical (unpaired) electrons. The van der Waals surface area contributed by atoms with Crippen molar-refractivity contribution < 1.29 is 13.2 Å². The summed E-state index contributed by atoms with van der Waals surface area (Å²) >= 11 is 4.52. The van der Waals surface area contributed by atoms with E-state index in [1.165, 1.54) is 12.1 Å². The summed E-state index contributed by atoms with van der Waals surface area (Å²) in [7, 11) is 0. The Morgan fingerprint density at radius 2 is 2.11 bits per heavy atom. The van der Waals surface area contributed by atoms with Crippen LogP contribution in [0, 0.1) is 11.3 Å². The third-order valence-electron chi connectivity index (χ3n) is 1.83. The maximum Gasteiger partial charge on any atom is 0.416 e. The number of anilines is 1. The smallest absolute Gasteiger partial charge is 0.387 e. The van der Waals surface area contributed by atoms with E-state index in [-0.39, 0.29) is 16.4 Å². The van der Waals surface area contributed by atoms with E-state index in [9.17, 15) is 13.2 Å². The van der Waals surface area contributed by atoms with Gasteiger partial charge in [0.05, 0.1) is 11.3 Å². The number of nitriles is 1. The Morgan fingerprint density at radius 1 is 1.44 bits per heavy atom. The maximum absolute atomic E-state index is 12.4. The van der Waals surface area contributed by atoms with Gasteiger partial charge in [0.1, 0.15) is 11.1 Å². The predicted octanol–water partition coefficient (Wildman–Crippen LogP) is 2.28. The summed E-state index contributed by atoms with van der Waals surface area (Å²) in [5.41, 5.74) is 6.45. The number of hydrogen-bond acceptors (Lipinski definition) is 4. The van der Waals surface area contributed by atoms with Gasteiger partial charge in [-0.25, -0.2) is 0 Å². The Bertz CT molecular complexity index is 531. The van der Waals surface area contributed by atoms with Crippen molar-refractivity contribution in [3.63, 3.8) is 0 Å². The summed E-state index contributed by atoms with van der Waals surface area (Å²) in [5, 5.41) is 12.1. The van der Waals surface area contributed by atoms with Crippen molar-refractivity contribution in [2.75, 3.05) is 5.43 Å². The van der Waals surface area contributed by atoms with Crippen LogP contribution in [0.1, 0.15) is 5.56 Å². The van der Waals surface area contributed by atoms with Gasteiger partial charge in [-0.15, -0.1) is 0 Å². The van der Waals surface area contributed by atoms with Crippen molar-refractivity contribution in [1.29, 1.82) is 5.26 Å². The fourth-order valence-electron chi connectivity index (χ4n) is 1.02. The monoisotopic (exact) mass is 272 g/mol. The highest BCUT2D eigenvalue weighted by Crippen LogP contribution is 2.30. The van der Waals surface area contributed by atoms with Crippen LogP contribution in [0.2, 0.25) is 0 Å². The number of halogens is 3. The lowest BCUT2D eigenvalue weighted by molar-refractivity contribution is -0.137. The van der Waals surface area contributed by atoms with Gasteiger partial charge < -0.3 is 5.73 Å². The molecule has 0 aliphatic carbocycles. The molecule has 3 N–H and O–H groups in total. The second-order valence-corrected chi connectivity index (χ2v) is 3.57. The molecule has 0 saturated heterocycles. The van der Waals surface area contributed by atoms with Crippen LogP contribution in [-0.2, 0) is 6.18 Å². The highest BCUT2D eigenvalue weighted by Gasteiger charge is 2.30. The fourth-order valence-corrected chi connectivity index (χ4v) is 1.11. The zero-order chi connectivity index (χ0) is 13.8. The second-order valence-electron chi connectivity index (χ2n) is 3.13. The number of alkyl halides is 3. The van der Waals surface area contributed by atoms with E-state index in [1.807, 2.05) is 0 Å². The van der Waals surface area contributed by atoms with E-state index in [0.29, 0.717) is 0 Å². The van der Waals surface area contributed by atoms with Crippen LogP contribution in [0.3, 0.4) is 0 Å². The number of nitrogens with zero attached hydrogens (tertiary/aromatic N) is 2. The van der Waals surface area contributed by atoms with Gasteiger partial charge in [0, 0.05) is 0 Å². The molecule has 8 heteroatoms. The molecule has 0 fully saturated rings. The summed E-state index contributed by atoms with van der Waals surface area (Å²) in [6.07, 6.45) is -4.44. The molecular weight excluding hydrogens is 265 g/mol. The number of nitrogens with one attached hydrogen (secondary N) is 1. The first-order valence-corrected chi connectivity index (χ1v) is 4.96. The van der Waals surface area contributed by atoms with Crippen molar-refractivity contribution in [1.82, 2.24) is 0 Å². The summed E-state index contributed by atoms with van der Waals surface area (Å²) in [4.78, 5) is -0.239. The summed E-state index contributed by atoms with van der Waals surface area (Å²) in [5.74, 6) is 0. The molecule has 0 aliphatic rings. The summed E-state index contributed by atoms with van der Waals surface area (Å²) < 4.78 is 37.2. The number of rotatable bonds is 3. The molecule has 0 aliphatic heterocycles. The SMILES string of the molecule is N#C/C(=N\Nc1cccc(C(F)(F)F)c1)C(N)=S. The second kappa shape index (κ2) is 5.46. The Labute approximate surface area is 106 Å². The third-order valence-corrected chi connectivity index (χ3v) is 2.02. The minimum Gasteiger partial charge on any atom is -0.387 e. The molecule has 0 amide bonds. The van der Waals surface area contributed by atoms with E-state index in [0.717, 1.165) is 12.1 Å². The molecule has 18 heavy (non-hydrogen) atoms. The molecule has 0 heterocycles. The van der Waals surface area contributed by atoms with Crippen LogP contribution < -0.4 is 11.2 Å². The minimum absolute atomic E-state index is 0.0776. The normalized spacial score (nSPS) is 11.8. The zero-order valence-corrected chi connectivity index (χ0v) is 9.64. The van der Waals surface area contributed by atoms with E-state index >= 15 is 0 Å². The quantitative estimate of drug-likeness (QED) is 0.503. The lowest BCUT2D eigenvalue weighted by atomic mass is 10.2. The molecule has 0 atom stereocenters. The van der Waals surface area contributed by atoms with E-state index < -0.39 is 11.7 Å². The number of benzene rings is 1. The molecule has 94 valence electrons. The van der Waals surface area contributed by atoms with Gasteiger partial charge in [-0.1, -0.05) is 18.3 Å². The summed E-state index contributed by atoms with van der Waals surface area (Å²) in [6.45, 7) is 0. The Morgan fingerprint density at radius 3 is 2.61 bits per heavy atom. The first kappa shape index (κ1) is 13.9. The maximum atomic E-state index is 12.4. The highest BCUT2D eigenvalue weighted by atomic mass is 32.1. The standard InChI is InChI=1S/C10H7F3N4S/c11-10(12,13)6-2-1-3-7(4-6)16-17-8(5-14)9(15)18/h1-4,16H,(H2,15,18)/b17-8+. The van der Waals surface area contributed by atoms with E-state index in [2.05, 4.69) is 22.7 Å². The molecule has 0 unspecified atom stereocenters. The Kier molecular flexibility index (Phi) is 4.23. The topological polar surface area (TPSA) is 74.2 Å². The van der Waals surface area contributed by atoms with Crippen molar-refractivity contribution in [3.05, 3.63) is 29.8 Å². The molecule has 0 bridgehead atoms. The van der Waals surface area contributed by atoms with Crippen molar-refractivity contribution in [2.24, 2.45) is 10.8 Å². The Hall–Kier alpha value is -2.14. The first-order chi connectivity index (χ1) is 8.34. The van der Waals surface area contributed by atoms with Gasteiger partial charge >= 0.3 is 6.18 Å². The lowest BCUT2D eigenvalue weighted by Crippen LogP contribution is -2.20. The van der Waals surface area contributed by atoms with Gasteiger partial charge in [-0.2, -0.15) is 23.5 Å². The van der Waals surface area contributed by atoms with Crippen LogP contribution in [-0.4, -0.2) is 10.7 Å². The van der Waals surface area contributed by atoms with Gasteiger partial charge in [-0.3, -0.25) is 5.43 Å². The van der Waals surface area contributed by atoms with Gasteiger partial charge in [0.2, 0.25) is 0 Å². The predicted molar refractivity (Wildman–Crippen MR) is 64.9 cm³/mol. The molecule has 0 aromatic heterocycles. The molecule has 0 saturated carbocycles. The van der Waals surface area contributed by atoms with Crippen LogP contribution >= 0.6 is 12.2 Å². The lowest BCUT2D eigenvalue weighted by Gasteiger charge is -2.08. The molecule has 1 rings (SSSR count). The average Bonchev–Trinajstić information content (AvgIpc) is 2.28. The van der Waals surface area contributed by atoms with Crippen LogP contribution in [0.4, 0.5) is 18.9 Å². The van der Waals surface area contributed by atoms with Crippen LogP contribution in [0.25, 0.3) is 0 Å². The largest absolute Gasteiger partial charge is 0.416 e. The number of hydrogen-bond donors (Lipinski definition) is 2. The van der Waals surface area contributed by atoms with E-state index in [4.69, 9.17) is 11.0 Å². The minimum atomic E-state index is -4.44.